The Morgan fingerprint density at radius 1 is 1.03 bits per heavy atom. The van der Waals surface area contributed by atoms with Crippen LogP contribution >= 0.6 is 11.6 Å². The Morgan fingerprint density at radius 3 is 2.31 bits per heavy atom. The number of anilines is 1. The predicted octanol–water partition coefficient (Wildman–Crippen LogP) is 2.63. The van der Waals surface area contributed by atoms with Crippen LogP contribution in [0.1, 0.15) is 5.56 Å². The SMILES string of the molecule is COc1ccc(S(=O)(=O)N(C)CC(=O)N2CCN(c3cc(Cl)ccc3C)CC2)cc1OC. The summed E-state index contributed by atoms with van der Waals surface area (Å²) in [7, 11) is 0.442. The second-order valence-electron chi connectivity index (χ2n) is 7.58. The van der Waals surface area contributed by atoms with Crippen LogP contribution in [0.3, 0.4) is 0 Å². The van der Waals surface area contributed by atoms with Crippen molar-refractivity contribution in [1.29, 1.82) is 0 Å². The lowest BCUT2D eigenvalue weighted by molar-refractivity contribution is -0.131. The molecule has 3 rings (SSSR count). The van der Waals surface area contributed by atoms with Gasteiger partial charge in [-0.05, 0) is 36.8 Å². The van der Waals surface area contributed by atoms with Crippen LogP contribution in [0.2, 0.25) is 5.02 Å². The van der Waals surface area contributed by atoms with E-state index in [-0.39, 0.29) is 17.3 Å². The van der Waals surface area contributed by atoms with Gasteiger partial charge in [-0.2, -0.15) is 4.31 Å². The van der Waals surface area contributed by atoms with Gasteiger partial charge in [-0.1, -0.05) is 17.7 Å². The molecule has 1 heterocycles. The van der Waals surface area contributed by atoms with Crippen LogP contribution < -0.4 is 14.4 Å². The number of likely N-dealkylation sites (N-methyl/N-ethyl adjacent to an activating group) is 1. The van der Waals surface area contributed by atoms with Crippen molar-refractivity contribution in [2.75, 3.05) is 58.9 Å². The molecule has 0 bridgehead atoms. The number of benzene rings is 2. The molecule has 32 heavy (non-hydrogen) atoms. The summed E-state index contributed by atoms with van der Waals surface area (Å²) in [6, 6.07) is 10.1. The monoisotopic (exact) mass is 481 g/mol. The zero-order chi connectivity index (χ0) is 23.5. The van der Waals surface area contributed by atoms with Crippen molar-refractivity contribution in [2.45, 2.75) is 11.8 Å². The summed E-state index contributed by atoms with van der Waals surface area (Å²) in [6.07, 6.45) is 0. The van der Waals surface area contributed by atoms with Gasteiger partial charge >= 0.3 is 0 Å². The van der Waals surface area contributed by atoms with Gasteiger partial charge in [0, 0.05) is 50.0 Å². The zero-order valence-electron chi connectivity index (χ0n) is 18.7. The Hall–Kier alpha value is -2.49. The van der Waals surface area contributed by atoms with Crippen LogP contribution in [0.25, 0.3) is 0 Å². The Bertz CT molecular complexity index is 1080. The van der Waals surface area contributed by atoms with Gasteiger partial charge < -0.3 is 19.3 Å². The van der Waals surface area contributed by atoms with Gasteiger partial charge in [-0.3, -0.25) is 4.79 Å². The molecule has 1 saturated heterocycles. The first kappa shape index (κ1) is 24.2. The highest BCUT2D eigenvalue weighted by molar-refractivity contribution is 7.89. The molecule has 174 valence electrons. The van der Waals surface area contributed by atoms with E-state index in [1.165, 1.54) is 39.5 Å². The highest BCUT2D eigenvalue weighted by Gasteiger charge is 2.28. The van der Waals surface area contributed by atoms with E-state index in [9.17, 15) is 13.2 Å². The maximum Gasteiger partial charge on any atom is 0.243 e. The van der Waals surface area contributed by atoms with E-state index in [1.54, 1.807) is 4.90 Å². The molecular weight excluding hydrogens is 454 g/mol. The van der Waals surface area contributed by atoms with Crippen molar-refractivity contribution < 1.29 is 22.7 Å². The summed E-state index contributed by atoms with van der Waals surface area (Å²) < 4.78 is 37.3. The van der Waals surface area contributed by atoms with Crippen molar-refractivity contribution in [3.05, 3.63) is 47.0 Å². The molecule has 0 radical (unpaired) electrons. The second-order valence-corrected chi connectivity index (χ2v) is 10.1. The van der Waals surface area contributed by atoms with Crippen molar-refractivity contribution in [2.24, 2.45) is 0 Å². The molecular formula is C22H28ClN3O5S. The lowest BCUT2D eigenvalue weighted by atomic mass is 10.1. The summed E-state index contributed by atoms with van der Waals surface area (Å²) in [5.41, 5.74) is 2.17. The number of methoxy groups -OCH3 is 2. The summed E-state index contributed by atoms with van der Waals surface area (Å²) in [6.45, 7) is 4.10. The maximum atomic E-state index is 13.0. The molecule has 10 heteroatoms. The van der Waals surface area contributed by atoms with Crippen molar-refractivity contribution in [3.8, 4) is 11.5 Å². The Labute approximate surface area is 194 Å². The van der Waals surface area contributed by atoms with E-state index >= 15 is 0 Å². The molecule has 0 aliphatic carbocycles. The van der Waals surface area contributed by atoms with E-state index in [4.69, 9.17) is 21.1 Å². The molecule has 0 N–H and O–H groups in total. The molecule has 1 amide bonds. The van der Waals surface area contributed by atoms with Gasteiger partial charge in [-0.25, -0.2) is 8.42 Å². The lowest BCUT2D eigenvalue weighted by Gasteiger charge is -2.37. The third-order valence-electron chi connectivity index (χ3n) is 5.57. The number of hydrogen-bond acceptors (Lipinski definition) is 6. The van der Waals surface area contributed by atoms with Gasteiger partial charge in [0.25, 0.3) is 0 Å². The largest absolute Gasteiger partial charge is 0.493 e. The maximum absolute atomic E-state index is 13.0. The number of hydrogen-bond donors (Lipinski definition) is 0. The third kappa shape index (κ3) is 5.11. The van der Waals surface area contributed by atoms with E-state index in [0.29, 0.717) is 42.7 Å². The number of ether oxygens (including phenoxy) is 2. The quantitative estimate of drug-likeness (QED) is 0.605. The molecule has 1 fully saturated rings. The minimum absolute atomic E-state index is 0.0340. The number of halogens is 1. The number of rotatable bonds is 7. The first-order valence-electron chi connectivity index (χ1n) is 10.1. The molecule has 0 aromatic heterocycles. The summed E-state index contributed by atoms with van der Waals surface area (Å²) in [5.74, 6) is 0.498. The minimum atomic E-state index is -3.87. The van der Waals surface area contributed by atoms with Crippen LogP contribution in [0, 0.1) is 6.92 Å². The molecule has 0 spiro atoms. The van der Waals surface area contributed by atoms with Gasteiger partial charge in [0.1, 0.15) is 0 Å². The highest BCUT2D eigenvalue weighted by Crippen LogP contribution is 2.30. The molecule has 0 atom stereocenters. The summed E-state index contributed by atoms with van der Waals surface area (Å²) in [5, 5.41) is 0.672. The fourth-order valence-electron chi connectivity index (χ4n) is 3.65. The molecule has 1 aliphatic rings. The predicted molar refractivity (Wildman–Crippen MR) is 124 cm³/mol. The summed E-state index contributed by atoms with van der Waals surface area (Å²) >= 11 is 6.13. The number of sulfonamides is 1. The van der Waals surface area contributed by atoms with E-state index in [2.05, 4.69) is 4.90 Å². The lowest BCUT2D eigenvalue weighted by Crippen LogP contribution is -2.51. The fraction of sp³-hybridized carbons (Fsp3) is 0.409. The van der Waals surface area contributed by atoms with Crippen molar-refractivity contribution in [1.82, 2.24) is 9.21 Å². The second kappa shape index (κ2) is 9.97. The molecule has 8 nitrogen and oxygen atoms in total. The van der Waals surface area contributed by atoms with Crippen LogP contribution in [0.15, 0.2) is 41.3 Å². The number of aryl methyl sites for hydroxylation is 1. The average Bonchev–Trinajstić information content (AvgIpc) is 2.80. The van der Waals surface area contributed by atoms with Crippen molar-refractivity contribution in [3.63, 3.8) is 0 Å². The number of piperazine rings is 1. The summed E-state index contributed by atoms with van der Waals surface area (Å²) in [4.78, 5) is 16.7. The van der Waals surface area contributed by atoms with Gasteiger partial charge in [-0.15, -0.1) is 0 Å². The Morgan fingerprint density at radius 2 is 1.69 bits per heavy atom. The molecule has 0 saturated carbocycles. The van der Waals surface area contributed by atoms with Crippen LogP contribution in [0.5, 0.6) is 11.5 Å². The topological polar surface area (TPSA) is 79.4 Å². The van der Waals surface area contributed by atoms with Gasteiger partial charge in [0.05, 0.1) is 25.7 Å². The average molecular weight is 482 g/mol. The van der Waals surface area contributed by atoms with Crippen LogP contribution in [-0.4, -0.2) is 77.5 Å². The first-order chi connectivity index (χ1) is 15.2. The molecule has 2 aromatic rings. The number of amides is 1. The smallest absolute Gasteiger partial charge is 0.243 e. The third-order valence-corrected chi connectivity index (χ3v) is 7.60. The van der Waals surface area contributed by atoms with Crippen molar-refractivity contribution >= 4 is 33.2 Å². The van der Waals surface area contributed by atoms with Gasteiger partial charge in [0.2, 0.25) is 15.9 Å². The Balaban J connectivity index is 1.64. The zero-order valence-corrected chi connectivity index (χ0v) is 20.2. The molecule has 0 unspecified atom stereocenters. The van der Waals surface area contributed by atoms with E-state index < -0.39 is 10.0 Å². The molecule has 2 aromatic carbocycles. The highest BCUT2D eigenvalue weighted by atomic mass is 35.5. The van der Waals surface area contributed by atoms with Crippen LogP contribution in [0.4, 0.5) is 5.69 Å². The Kier molecular flexibility index (Phi) is 7.53. The first-order valence-corrected chi connectivity index (χ1v) is 12.0. The van der Waals surface area contributed by atoms with Gasteiger partial charge in [0.15, 0.2) is 11.5 Å². The van der Waals surface area contributed by atoms with E-state index in [1.807, 2.05) is 25.1 Å². The standard InChI is InChI=1S/C22H28ClN3O5S/c1-16-5-6-17(23)13-19(16)25-9-11-26(12-10-25)22(27)15-24(2)32(28,29)18-7-8-20(30-3)21(14-18)31-4/h5-8,13-14H,9-12,15H2,1-4H3. The number of carbonyl (C=O) groups excluding carboxylic acids is 1. The minimum Gasteiger partial charge on any atom is -0.493 e. The fourth-order valence-corrected chi connectivity index (χ4v) is 4.96. The molecule has 1 aliphatic heterocycles. The van der Waals surface area contributed by atoms with Crippen LogP contribution in [-0.2, 0) is 14.8 Å². The number of nitrogens with zero attached hydrogens (tertiary/aromatic N) is 3. The van der Waals surface area contributed by atoms with E-state index in [0.717, 1.165) is 15.6 Å². The normalized spacial score (nSPS) is 14.6. The number of carbonyl (C=O) groups is 1.